The van der Waals surface area contributed by atoms with Crippen LogP contribution >= 0.6 is 15.9 Å². The Labute approximate surface area is 238 Å². The number of ketones is 3. The number of allylic oxidation sites excluding steroid dienone is 2. The molecule has 0 N–H and O–H groups in total. The Morgan fingerprint density at radius 3 is 2.02 bits per heavy atom. The maximum atomic E-state index is 13.9. The molecule has 3 heterocycles. The fourth-order valence-corrected chi connectivity index (χ4v) is 6.10. The third-order valence-electron chi connectivity index (χ3n) is 7.78. The number of amides is 2. The fraction of sp³-hybridized carbons (Fsp3) is 0.156. The predicted octanol–water partition coefficient (Wildman–Crippen LogP) is 5.03. The van der Waals surface area contributed by atoms with Gasteiger partial charge in [0.1, 0.15) is 6.04 Å². The Bertz CT molecular complexity index is 1630. The molecule has 0 saturated carbocycles. The summed E-state index contributed by atoms with van der Waals surface area (Å²) in [6.45, 7) is 1.44. The second-order valence-electron chi connectivity index (χ2n) is 10.1. The summed E-state index contributed by atoms with van der Waals surface area (Å²) in [5.41, 5.74) is 2.12. The number of benzene rings is 3. The zero-order valence-corrected chi connectivity index (χ0v) is 22.9. The van der Waals surface area contributed by atoms with Gasteiger partial charge in [-0.05, 0) is 49.4 Å². The first-order valence-electron chi connectivity index (χ1n) is 12.8. The minimum Gasteiger partial charge on any atom is -0.359 e. The van der Waals surface area contributed by atoms with Crippen LogP contribution in [0, 0.1) is 11.8 Å². The molecule has 2 saturated heterocycles. The van der Waals surface area contributed by atoms with Gasteiger partial charge in [0.25, 0.3) is 0 Å². The van der Waals surface area contributed by atoms with E-state index in [-0.39, 0.29) is 17.3 Å². The number of Topliss-reactive ketones (excluding diaryl/α,β-unsaturated/α-hetero) is 3. The summed E-state index contributed by atoms with van der Waals surface area (Å²) in [6.07, 6.45) is 5.00. The minimum atomic E-state index is -0.951. The summed E-state index contributed by atoms with van der Waals surface area (Å²) >= 11 is 3.38. The van der Waals surface area contributed by atoms with E-state index >= 15 is 0 Å². The molecule has 3 aromatic carbocycles. The normalized spacial score (nSPS) is 23.1. The summed E-state index contributed by atoms with van der Waals surface area (Å²) in [4.78, 5) is 69.6. The van der Waals surface area contributed by atoms with E-state index in [0.29, 0.717) is 28.0 Å². The topological polar surface area (TPSA) is 91.8 Å². The van der Waals surface area contributed by atoms with Crippen LogP contribution in [0.4, 0.5) is 5.69 Å². The Balaban J connectivity index is 1.42. The van der Waals surface area contributed by atoms with E-state index < -0.39 is 35.7 Å². The molecule has 0 aliphatic carbocycles. The fourth-order valence-electron chi connectivity index (χ4n) is 5.84. The highest BCUT2D eigenvalue weighted by atomic mass is 79.9. The highest BCUT2D eigenvalue weighted by molar-refractivity contribution is 9.10. The molecule has 3 aliphatic rings. The minimum absolute atomic E-state index is 0.131. The van der Waals surface area contributed by atoms with Crippen molar-refractivity contribution in [2.45, 2.75) is 19.0 Å². The van der Waals surface area contributed by atoms with Gasteiger partial charge in [-0.2, -0.15) is 0 Å². The van der Waals surface area contributed by atoms with Crippen molar-refractivity contribution in [1.29, 1.82) is 0 Å². The van der Waals surface area contributed by atoms with E-state index in [1.165, 1.54) is 6.92 Å². The first kappa shape index (κ1) is 25.8. The summed E-state index contributed by atoms with van der Waals surface area (Å²) in [7, 11) is 0. The molecule has 198 valence electrons. The highest BCUT2D eigenvalue weighted by Crippen LogP contribution is 2.47. The van der Waals surface area contributed by atoms with Crippen LogP contribution in [0.2, 0.25) is 0 Å². The van der Waals surface area contributed by atoms with Crippen molar-refractivity contribution < 1.29 is 24.0 Å². The largest absolute Gasteiger partial charge is 0.359 e. The first-order valence-corrected chi connectivity index (χ1v) is 13.6. The lowest BCUT2D eigenvalue weighted by Gasteiger charge is -2.32. The van der Waals surface area contributed by atoms with Gasteiger partial charge in [0.2, 0.25) is 11.8 Å². The quantitative estimate of drug-likeness (QED) is 0.293. The lowest BCUT2D eigenvalue weighted by atomic mass is 9.85. The average molecular weight is 595 g/mol. The van der Waals surface area contributed by atoms with Crippen LogP contribution in [0.15, 0.2) is 107 Å². The zero-order valence-electron chi connectivity index (χ0n) is 21.4. The zero-order chi connectivity index (χ0) is 28.1. The summed E-state index contributed by atoms with van der Waals surface area (Å²) in [6, 6.07) is 20.4. The number of halogens is 1. The van der Waals surface area contributed by atoms with Crippen molar-refractivity contribution in [2.24, 2.45) is 11.8 Å². The van der Waals surface area contributed by atoms with Crippen LogP contribution in [0.1, 0.15) is 38.0 Å². The van der Waals surface area contributed by atoms with Crippen LogP contribution in [0.3, 0.4) is 0 Å². The van der Waals surface area contributed by atoms with Crippen LogP contribution in [0.5, 0.6) is 0 Å². The van der Waals surface area contributed by atoms with Gasteiger partial charge >= 0.3 is 0 Å². The van der Waals surface area contributed by atoms with Gasteiger partial charge in [-0.25, -0.2) is 4.90 Å². The van der Waals surface area contributed by atoms with Crippen molar-refractivity contribution in [3.05, 3.63) is 124 Å². The Morgan fingerprint density at radius 2 is 1.38 bits per heavy atom. The molecule has 0 spiro atoms. The smallest absolute Gasteiger partial charge is 0.240 e. The number of rotatable bonds is 6. The molecule has 7 nitrogen and oxygen atoms in total. The van der Waals surface area contributed by atoms with Crippen LogP contribution in [-0.4, -0.2) is 46.1 Å². The van der Waals surface area contributed by atoms with Crippen LogP contribution in [0.25, 0.3) is 0 Å². The Morgan fingerprint density at radius 1 is 0.750 bits per heavy atom. The number of fused-ring (bicyclic) bond motifs is 3. The van der Waals surface area contributed by atoms with Crippen molar-refractivity contribution >= 4 is 50.8 Å². The number of hydrogen-bond acceptors (Lipinski definition) is 6. The SMILES string of the molecule is CC(=O)c1ccc(N2C(=O)C3C(C2=O)C(C(=O)c2ccc(Br)cc2)N2C=CC(C(=O)c4ccccc4)=CC32)cc1. The third kappa shape index (κ3) is 4.16. The number of anilines is 1. The van der Waals surface area contributed by atoms with E-state index in [9.17, 15) is 24.0 Å². The molecule has 4 atom stereocenters. The molecule has 2 amide bonds. The molecule has 6 rings (SSSR count). The van der Waals surface area contributed by atoms with Gasteiger partial charge in [0.15, 0.2) is 17.3 Å². The summed E-state index contributed by atoms with van der Waals surface area (Å²) in [5, 5.41) is 0. The first-order chi connectivity index (χ1) is 19.3. The molecule has 3 aromatic rings. The van der Waals surface area contributed by atoms with Crippen molar-refractivity contribution in [3.63, 3.8) is 0 Å². The van der Waals surface area contributed by atoms with Gasteiger partial charge in [-0.3, -0.25) is 24.0 Å². The maximum Gasteiger partial charge on any atom is 0.240 e. The third-order valence-corrected chi connectivity index (χ3v) is 8.30. The second kappa shape index (κ2) is 9.95. The molecular formula is C32H23BrN2O5. The number of imide groups is 1. The lowest BCUT2D eigenvalue weighted by molar-refractivity contribution is -0.123. The van der Waals surface area contributed by atoms with Gasteiger partial charge in [0.05, 0.1) is 23.6 Å². The van der Waals surface area contributed by atoms with Crippen molar-refractivity contribution in [1.82, 2.24) is 4.90 Å². The molecule has 40 heavy (non-hydrogen) atoms. The van der Waals surface area contributed by atoms with Crippen LogP contribution < -0.4 is 4.90 Å². The van der Waals surface area contributed by atoms with Crippen molar-refractivity contribution in [3.8, 4) is 0 Å². The van der Waals surface area contributed by atoms with E-state index in [1.54, 1.807) is 96.0 Å². The molecule has 0 aromatic heterocycles. The average Bonchev–Trinajstić information content (AvgIpc) is 3.44. The highest BCUT2D eigenvalue weighted by Gasteiger charge is 2.63. The molecule has 2 fully saturated rings. The monoisotopic (exact) mass is 594 g/mol. The summed E-state index contributed by atoms with van der Waals surface area (Å²) in [5.74, 6) is -3.35. The summed E-state index contributed by atoms with van der Waals surface area (Å²) < 4.78 is 0.809. The Kier molecular flexibility index (Phi) is 6.43. The van der Waals surface area contributed by atoms with Gasteiger partial charge in [-0.15, -0.1) is 0 Å². The lowest BCUT2D eigenvalue weighted by Crippen LogP contribution is -2.46. The predicted molar refractivity (Wildman–Crippen MR) is 152 cm³/mol. The van der Waals surface area contributed by atoms with E-state index in [2.05, 4.69) is 15.9 Å². The van der Waals surface area contributed by atoms with E-state index in [4.69, 9.17) is 0 Å². The molecule has 0 bridgehead atoms. The number of carbonyl (C=O) groups is 5. The van der Waals surface area contributed by atoms with E-state index in [1.807, 2.05) is 6.07 Å². The van der Waals surface area contributed by atoms with Crippen molar-refractivity contribution in [2.75, 3.05) is 4.90 Å². The van der Waals surface area contributed by atoms with Gasteiger partial charge in [0, 0.05) is 32.9 Å². The molecule has 4 unspecified atom stereocenters. The second-order valence-corrected chi connectivity index (χ2v) is 11.0. The number of nitrogens with zero attached hydrogens (tertiary/aromatic N) is 2. The number of hydrogen-bond donors (Lipinski definition) is 0. The Hall–Kier alpha value is -4.43. The molecular weight excluding hydrogens is 572 g/mol. The van der Waals surface area contributed by atoms with Crippen LogP contribution in [-0.2, 0) is 9.59 Å². The van der Waals surface area contributed by atoms with Gasteiger partial charge < -0.3 is 4.90 Å². The molecule has 3 aliphatic heterocycles. The van der Waals surface area contributed by atoms with Gasteiger partial charge in [-0.1, -0.05) is 64.5 Å². The maximum absolute atomic E-state index is 13.9. The molecule has 0 radical (unpaired) electrons. The standard InChI is InChI=1S/C32H23BrN2O5/c1-18(36)19-9-13-24(14-10-19)35-31(39)26-25-17-22(29(37)20-5-3-2-4-6-20)15-16-34(25)28(27(26)32(35)40)30(38)21-7-11-23(33)12-8-21/h2-17,25-28H,1H3. The van der Waals surface area contributed by atoms with E-state index in [0.717, 1.165) is 9.37 Å². The number of carbonyl (C=O) groups excluding carboxylic acids is 5. The molecule has 8 heteroatoms.